The van der Waals surface area contributed by atoms with Gasteiger partial charge in [0.15, 0.2) is 11.5 Å². The molecule has 21 heavy (non-hydrogen) atoms. The van der Waals surface area contributed by atoms with Gasteiger partial charge in [-0.15, -0.1) is 6.42 Å². The van der Waals surface area contributed by atoms with Crippen molar-refractivity contribution in [3.05, 3.63) is 53.6 Å². The second-order valence-corrected chi connectivity index (χ2v) is 4.70. The number of anilines is 1. The maximum atomic E-state index is 5.43. The molecule has 0 fully saturated rings. The first-order chi connectivity index (χ1) is 10.2. The largest absolute Gasteiger partial charge is 0.493 e. The topological polar surface area (TPSA) is 30.5 Å². The molecule has 108 valence electrons. The zero-order valence-electron chi connectivity index (χ0n) is 12.3. The molecule has 0 radical (unpaired) electrons. The Bertz CT molecular complexity index is 627. The standard InChI is InChI=1S/C18H19NO2/c1-4-11-21-17-10-7-15(12-18(17)20-3)13-19-16-8-5-14(2)6-9-16/h1,5-10,12,19H,11,13H2,2-3H3. The minimum absolute atomic E-state index is 0.233. The summed E-state index contributed by atoms with van der Waals surface area (Å²) in [5.74, 6) is 3.79. The highest BCUT2D eigenvalue weighted by molar-refractivity contribution is 5.47. The average Bonchev–Trinajstić information content (AvgIpc) is 2.52. The maximum Gasteiger partial charge on any atom is 0.162 e. The minimum Gasteiger partial charge on any atom is -0.493 e. The number of terminal acetylenes is 1. The van der Waals surface area contributed by atoms with E-state index in [1.165, 1.54) is 5.56 Å². The molecule has 3 nitrogen and oxygen atoms in total. The van der Waals surface area contributed by atoms with E-state index in [4.69, 9.17) is 15.9 Å². The summed E-state index contributed by atoms with van der Waals surface area (Å²) in [6.45, 7) is 3.02. The van der Waals surface area contributed by atoms with Gasteiger partial charge in [-0.3, -0.25) is 0 Å². The number of rotatable bonds is 6. The number of nitrogens with one attached hydrogen (secondary N) is 1. The van der Waals surface area contributed by atoms with Crippen LogP contribution in [0.3, 0.4) is 0 Å². The fourth-order valence-electron chi connectivity index (χ4n) is 1.94. The third kappa shape index (κ3) is 4.19. The van der Waals surface area contributed by atoms with Gasteiger partial charge in [-0.05, 0) is 36.8 Å². The summed E-state index contributed by atoms with van der Waals surface area (Å²) < 4.78 is 10.8. The van der Waals surface area contributed by atoms with Crippen molar-refractivity contribution >= 4 is 5.69 Å². The van der Waals surface area contributed by atoms with Crippen LogP contribution in [0.4, 0.5) is 5.69 Å². The first-order valence-corrected chi connectivity index (χ1v) is 6.76. The predicted molar refractivity (Wildman–Crippen MR) is 85.8 cm³/mol. The third-order valence-corrected chi connectivity index (χ3v) is 3.09. The summed E-state index contributed by atoms with van der Waals surface area (Å²) in [5, 5.41) is 3.37. The first kappa shape index (κ1) is 14.8. The van der Waals surface area contributed by atoms with Gasteiger partial charge in [-0.25, -0.2) is 0 Å². The molecule has 2 rings (SSSR count). The molecule has 0 aromatic heterocycles. The van der Waals surface area contributed by atoms with Crippen LogP contribution in [0.1, 0.15) is 11.1 Å². The quantitative estimate of drug-likeness (QED) is 0.820. The van der Waals surface area contributed by atoms with Crippen molar-refractivity contribution in [3.8, 4) is 23.8 Å². The molecule has 0 heterocycles. The van der Waals surface area contributed by atoms with Crippen LogP contribution >= 0.6 is 0 Å². The molecule has 0 bridgehead atoms. The summed E-state index contributed by atoms with van der Waals surface area (Å²) >= 11 is 0. The van der Waals surface area contributed by atoms with Gasteiger partial charge in [0, 0.05) is 12.2 Å². The van der Waals surface area contributed by atoms with E-state index in [1.54, 1.807) is 7.11 Å². The van der Waals surface area contributed by atoms with Gasteiger partial charge in [0.05, 0.1) is 7.11 Å². The highest BCUT2D eigenvalue weighted by Gasteiger charge is 2.05. The smallest absolute Gasteiger partial charge is 0.162 e. The Kier molecular flexibility index (Phi) is 5.11. The molecule has 1 N–H and O–H groups in total. The molecule has 0 saturated carbocycles. The monoisotopic (exact) mass is 281 g/mol. The van der Waals surface area contributed by atoms with Gasteiger partial charge in [0.25, 0.3) is 0 Å². The van der Waals surface area contributed by atoms with Crippen molar-refractivity contribution < 1.29 is 9.47 Å². The molecule has 3 heteroatoms. The van der Waals surface area contributed by atoms with Gasteiger partial charge in [0.2, 0.25) is 0 Å². The van der Waals surface area contributed by atoms with E-state index in [9.17, 15) is 0 Å². The Morgan fingerprint density at radius 2 is 1.86 bits per heavy atom. The van der Waals surface area contributed by atoms with Crippen molar-refractivity contribution in [3.63, 3.8) is 0 Å². The molecule has 0 saturated heterocycles. The van der Waals surface area contributed by atoms with Gasteiger partial charge < -0.3 is 14.8 Å². The third-order valence-electron chi connectivity index (χ3n) is 3.09. The van der Waals surface area contributed by atoms with Gasteiger partial charge in [-0.2, -0.15) is 0 Å². The van der Waals surface area contributed by atoms with Crippen molar-refractivity contribution in [1.82, 2.24) is 0 Å². The van der Waals surface area contributed by atoms with E-state index in [-0.39, 0.29) is 6.61 Å². The molecule has 0 spiro atoms. The van der Waals surface area contributed by atoms with E-state index in [0.29, 0.717) is 11.5 Å². The second kappa shape index (κ2) is 7.25. The normalized spacial score (nSPS) is 9.76. The summed E-state index contributed by atoms with van der Waals surface area (Å²) in [5.41, 5.74) is 3.45. The highest BCUT2D eigenvalue weighted by Crippen LogP contribution is 2.28. The first-order valence-electron chi connectivity index (χ1n) is 6.76. The SMILES string of the molecule is C#CCOc1ccc(CNc2ccc(C)cc2)cc1OC. The number of hydrogen-bond acceptors (Lipinski definition) is 3. The number of benzene rings is 2. The second-order valence-electron chi connectivity index (χ2n) is 4.70. The lowest BCUT2D eigenvalue weighted by Crippen LogP contribution is -2.01. The van der Waals surface area contributed by atoms with E-state index in [0.717, 1.165) is 17.8 Å². The summed E-state index contributed by atoms with van der Waals surface area (Å²) in [6.07, 6.45) is 5.19. The minimum atomic E-state index is 0.233. The van der Waals surface area contributed by atoms with Crippen molar-refractivity contribution in [2.24, 2.45) is 0 Å². The van der Waals surface area contributed by atoms with Gasteiger partial charge in [0.1, 0.15) is 6.61 Å². The Morgan fingerprint density at radius 1 is 1.10 bits per heavy atom. The molecular formula is C18H19NO2. The average molecular weight is 281 g/mol. The van der Waals surface area contributed by atoms with Gasteiger partial charge >= 0.3 is 0 Å². The van der Waals surface area contributed by atoms with Crippen LogP contribution in [0.5, 0.6) is 11.5 Å². The Labute approximate surface area is 125 Å². The highest BCUT2D eigenvalue weighted by atomic mass is 16.5. The molecular weight excluding hydrogens is 262 g/mol. The maximum absolute atomic E-state index is 5.43. The Hall–Kier alpha value is -2.60. The molecule has 0 aliphatic rings. The van der Waals surface area contributed by atoms with Crippen LogP contribution < -0.4 is 14.8 Å². The molecule has 0 atom stereocenters. The fraction of sp³-hybridized carbons (Fsp3) is 0.222. The van der Waals surface area contributed by atoms with Crippen LogP contribution in [0.15, 0.2) is 42.5 Å². The van der Waals surface area contributed by atoms with Crippen LogP contribution in [0, 0.1) is 19.3 Å². The molecule has 0 aliphatic carbocycles. The molecule has 2 aromatic rings. The van der Waals surface area contributed by atoms with Crippen molar-refractivity contribution in [2.75, 3.05) is 19.0 Å². The predicted octanol–water partition coefficient (Wildman–Crippen LogP) is 3.63. The summed E-state index contributed by atoms with van der Waals surface area (Å²) in [6, 6.07) is 14.1. The molecule has 0 unspecified atom stereocenters. The lowest BCUT2D eigenvalue weighted by molar-refractivity contribution is 0.330. The van der Waals surface area contributed by atoms with Crippen LogP contribution in [-0.2, 0) is 6.54 Å². The zero-order chi connectivity index (χ0) is 15.1. The van der Waals surface area contributed by atoms with E-state index in [2.05, 4.69) is 42.4 Å². The molecule has 0 aliphatic heterocycles. The van der Waals surface area contributed by atoms with E-state index >= 15 is 0 Å². The number of ether oxygens (including phenoxy) is 2. The zero-order valence-corrected chi connectivity index (χ0v) is 12.3. The fourth-order valence-corrected chi connectivity index (χ4v) is 1.94. The van der Waals surface area contributed by atoms with Crippen LogP contribution in [0.2, 0.25) is 0 Å². The van der Waals surface area contributed by atoms with Gasteiger partial charge in [-0.1, -0.05) is 29.7 Å². The summed E-state index contributed by atoms with van der Waals surface area (Å²) in [7, 11) is 1.62. The number of methoxy groups -OCH3 is 1. The molecule has 2 aromatic carbocycles. The summed E-state index contributed by atoms with van der Waals surface area (Å²) in [4.78, 5) is 0. The van der Waals surface area contributed by atoms with E-state index < -0.39 is 0 Å². The van der Waals surface area contributed by atoms with Crippen LogP contribution in [-0.4, -0.2) is 13.7 Å². The number of aryl methyl sites for hydroxylation is 1. The lowest BCUT2D eigenvalue weighted by atomic mass is 10.2. The lowest BCUT2D eigenvalue weighted by Gasteiger charge is -2.12. The Morgan fingerprint density at radius 3 is 2.52 bits per heavy atom. The Balaban J connectivity index is 2.03. The van der Waals surface area contributed by atoms with Crippen molar-refractivity contribution in [2.45, 2.75) is 13.5 Å². The van der Waals surface area contributed by atoms with E-state index in [1.807, 2.05) is 18.2 Å². The molecule has 0 amide bonds. The van der Waals surface area contributed by atoms with Crippen LogP contribution in [0.25, 0.3) is 0 Å². The van der Waals surface area contributed by atoms with Crippen molar-refractivity contribution in [1.29, 1.82) is 0 Å². The number of hydrogen-bond donors (Lipinski definition) is 1.